The Kier molecular flexibility index (Phi) is 6.55. The van der Waals surface area contributed by atoms with Crippen molar-refractivity contribution in [3.05, 3.63) is 51.0 Å². The average molecular weight is 374 g/mol. The van der Waals surface area contributed by atoms with Crippen LogP contribution in [0.1, 0.15) is 18.4 Å². The lowest BCUT2D eigenvalue weighted by Gasteiger charge is -2.22. The maximum Gasteiger partial charge on any atom is 0.128 e. The van der Waals surface area contributed by atoms with Crippen molar-refractivity contribution in [3.8, 4) is 5.75 Å². The summed E-state index contributed by atoms with van der Waals surface area (Å²) < 4.78 is 11.9. The molecular weight excluding hydrogens is 346 g/mol. The minimum absolute atomic E-state index is 0.408. The van der Waals surface area contributed by atoms with Gasteiger partial charge in [-0.3, -0.25) is 0 Å². The van der Waals surface area contributed by atoms with E-state index in [0.717, 1.165) is 52.7 Å². The number of methoxy groups -OCH3 is 1. The maximum absolute atomic E-state index is 6.57. The number of piperidine rings is 1. The van der Waals surface area contributed by atoms with Gasteiger partial charge in [-0.05, 0) is 49.5 Å². The fourth-order valence-electron chi connectivity index (χ4n) is 3.27. The Balaban J connectivity index is 2.03. The van der Waals surface area contributed by atoms with Crippen molar-refractivity contribution >= 4 is 22.7 Å². The molecule has 0 aliphatic carbocycles. The fourth-order valence-corrected chi connectivity index (χ4v) is 4.16. The number of ether oxygens (including phenoxy) is 2. The highest BCUT2D eigenvalue weighted by molar-refractivity contribution is 7.07. The third-order valence-corrected chi connectivity index (χ3v) is 5.67. The summed E-state index contributed by atoms with van der Waals surface area (Å²) in [7, 11) is 1.66. The summed E-state index contributed by atoms with van der Waals surface area (Å²) in [5.41, 5.74) is 15.7. The largest absolute Gasteiger partial charge is 0.490 e. The van der Waals surface area contributed by atoms with Crippen molar-refractivity contribution < 1.29 is 9.47 Å². The number of thiophene rings is 1. The molecule has 0 saturated carbocycles. The van der Waals surface area contributed by atoms with Gasteiger partial charge in [-0.25, -0.2) is 0 Å². The monoisotopic (exact) mass is 373 g/mol. The Morgan fingerprint density at radius 1 is 1.15 bits per heavy atom. The van der Waals surface area contributed by atoms with E-state index in [1.165, 1.54) is 0 Å². The van der Waals surface area contributed by atoms with E-state index >= 15 is 0 Å². The van der Waals surface area contributed by atoms with Gasteiger partial charge in [0.2, 0.25) is 0 Å². The van der Waals surface area contributed by atoms with Crippen LogP contribution in [-0.2, 0) is 4.74 Å². The Hall–Kier alpha value is -2.02. The molecule has 5 N–H and O–H groups in total. The molecule has 0 atom stereocenters. The third-order valence-electron chi connectivity index (χ3n) is 4.72. The van der Waals surface area contributed by atoms with Gasteiger partial charge in [0.15, 0.2) is 0 Å². The average Bonchev–Trinajstić information content (AvgIpc) is 3.18. The first kappa shape index (κ1) is 18.8. The summed E-state index contributed by atoms with van der Waals surface area (Å²) in [6.45, 7) is 3.05. The molecular formula is C20H27N3O2S. The van der Waals surface area contributed by atoms with E-state index < -0.39 is 0 Å². The van der Waals surface area contributed by atoms with Gasteiger partial charge in [0, 0.05) is 29.5 Å². The van der Waals surface area contributed by atoms with Crippen LogP contribution < -0.4 is 31.3 Å². The number of nitrogens with two attached hydrogens (primary N) is 2. The molecule has 140 valence electrons. The first-order valence-electron chi connectivity index (χ1n) is 8.97. The van der Waals surface area contributed by atoms with Crippen molar-refractivity contribution in [3.63, 3.8) is 0 Å². The number of hydrogen-bond donors (Lipinski definition) is 3. The van der Waals surface area contributed by atoms with Crippen molar-refractivity contribution in [2.75, 3.05) is 33.4 Å². The number of nitrogens with one attached hydrogen (secondary N) is 1. The molecule has 5 nitrogen and oxygen atoms in total. The minimum atomic E-state index is 0.408. The summed E-state index contributed by atoms with van der Waals surface area (Å²) in [5.74, 6) is 1.17. The van der Waals surface area contributed by atoms with Gasteiger partial charge in [-0.1, -0.05) is 12.1 Å². The van der Waals surface area contributed by atoms with Gasteiger partial charge in [-0.15, -0.1) is 11.3 Å². The number of para-hydroxylation sites is 1. The fraction of sp³-hybridized carbons (Fsp3) is 0.400. The van der Waals surface area contributed by atoms with Crippen LogP contribution in [0.3, 0.4) is 0 Å². The molecule has 26 heavy (non-hydrogen) atoms. The standard InChI is InChI=1S/C20H27N3O2S/c1-24-11-12-25-17-5-3-2-4-15(17)19(22)20-16(8-13-26-20)18(21)14-6-9-23-10-7-14/h2-5,8,13-14,23H,6-7,9-12,21-22H2,1H3/b18-16-,20-19+. The smallest absolute Gasteiger partial charge is 0.128 e. The van der Waals surface area contributed by atoms with Crippen LogP contribution in [0.2, 0.25) is 0 Å². The van der Waals surface area contributed by atoms with E-state index in [2.05, 4.69) is 16.8 Å². The zero-order valence-corrected chi connectivity index (χ0v) is 16.0. The number of benzene rings is 1. The normalized spacial score (nSPS) is 17.7. The zero-order valence-electron chi connectivity index (χ0n) is 15.2. The van der Waals surface area contributed by atoms with E-state index in [9.17, 15) is 0 Å². The highest BCUT2D eigenvalue weighted by atomic mass is 32.1. The van der Waals surface area contributed by atoms with Gasteiger partial charge < -0.3 is 26.3 Å². The molecule has 1 aliphatic rings. The van der Waals surface area contributed by atoms with Crippen LogP contribution in [0.25, 0.3) is 11.4 Å². The van der Waals surface area contributed by atoms with Crippen LogP contribution in [-0.4, -0.2) is 33.4 Å². The molecule has 1 saturated heterocycles. The second kappa shape index (κ2) is 9.07. The molecule has 1 aliphatic heterocycles. The summed E-state index contributed by atoms with van der Waals surface area (Å²) >= 11 is 1.62. The lowest BCUT2D eigenvalue weighted by atomic mass is 9.93. The molecule has 1 aromatic heterocycles. The second-order valence-electron chi connectivity index (χ2n) is 6.39. The Morgan fingerprint density at radius 3 is 2.69 bits per heavy atom. The van der Waals surface area contributed by atoms with Gasteiger partial charge in [0.05, 0.1) is 16.8 Å². The number of hydrogen-bond acceptors (Lipinski definition) is 6. The van der Waals surface area contributed by atoms with E-state index in [0.29, 0.717) is 24.8 Å². The van der Waals surface area contributed by atoms with Crippen molar-refractivity contribution in [2.24, 2.45) is 17.4 Å². The van der Waals surface area contributed by atoms with Crippen LogP contribution in [0, 0.1) is 5.92 Å². The van der Waals surface area contributed by atoms with Crippen molar-refractivity contribution in [2.45, 2.75) is 12.8 Å². The molecule has 1 aromatic carbocycles. The molecule has 6 heteroatoms. The number of rotatable bonds is 6. The predicted octanol–water partition coefficient (Wildman–Crippen LogP) is 0.955. The SMILES string of the molecule is COCCOc1ccccc1/C(N)=c1\scc\c1=C(\N)C1CCNCC1. The first-order chi connectivity index (χ1) is 12.7. The summed E-state index contributed by atoms with van der Waals surface area (Å²) in [6, 6.07) is 9.92. The Labute approximate surface area is 158 Å². The van der Waals surface area contributed by atoms with Crippen LogP contribution >= 0.6 is 11.3 Å². The molecule has 0 amide bonds. The summed E-state index contributed by atoms with van der Waals surface area (Å²) in [5, 5.41) is 6.50. The van der Waals surface area contributed by atoms with E-state index in [1.54, 1.807) is 18.4 Å². The van der Waals surface area contributed by atoms with Gasteiger partial charge in [0.1, 0.15) is 12.4 Å². The molecule has 0 spiro atoms. The van der Waals surface area contributed by atoms with Gasteiger partial charge >= 0.3 is 0 Å². The third kappa shape index (κ3) is 4.20. The van der Waals surface area contributed by atoms with Crippen LogP contribution in [0.4, 0.5) is 0 Å². The highest BCUT2D eigenvalue weighted by Gasteiger charge is 2.17. The lowest BCUT2D eigenvalue weighted by Crippen LogP contribution is -2.36. The van der Waals surface area contributed by atoms with E-state index in [1.807, 2.05) is 24.3 Å². The zero-order chi connectivity index (χ0) is 18.4. The molecule has 2 heterocycles. The first-order valence-corrected chi connectivity index (χ1v) is 9.85. The second-order valence-corrected chi connectivity index (χ2v) is 7.31. The van der Waals surface area contributed by atoms with Crippen LogP contribution in [0.15, 0.2) is 35.7 Å². The highest BCUT2D eigenvalue weighted by Crippen LogP contribution is 2.22. The summed E-state index contributed by atoms with van der Waals surface area (Å²) in [4.78, 5) is 0. The van der Waals surface area contributed by atoms with Crippen molar-refractivity contribution in [1.29, 1.82) is 0 Å². The topological polar surface area (TPSA) is 82.5 Å². The molecule has 0 radical (unpaired) electrons. The Morgan fingerprint density at radius 2 is 1.92 bits per heavy atom. The molecule has 0 bridgehead atoms. The quantitative estimate of drug-likeness (QED) is 0.657. The summed E-state index contributed by atoms with van der Waals surface area (Å²) in [6.07, 6.45) is 2.13. The molecule has 0 unspecified atom stereocenters. The predicted molar refractivity (Wildman–Crippen MR) is 107 cm³/mol. The maximum atomic E-state index is 6.57. The molecule has 1 fully saturated rings. The van der Waals surface area contributed by atoms with Gasteiger partial charge in [-0.2, -0.15) is 0 Å². The Bertz CT molecular complexity index is 841. The minimum Gasteiger partial charge on any atom is -0.490 e. The van der Waals surface area contributed by atoms with Gasteiger partial charge in [0.25, 0.3) is 0 Å². The van der Waals surface area contributed by atoms with Crippen molar-refractivity contribution in [1.82, 2.24) is 5.32 Å². The molecule has 2 aromatic rings. The van der Waals surface area contributed by atoms with Crippen LogP contribution in [0.5, 0.6) is 5.75 Å². The lowest BCUT2D eigenvalue weighted by molar-refractivity contribution is 0.146. The van der Waals surface area contributed by atoms with E-state index in [4.69, 9.17) is 20.9 Å². The molecule has 3 rings (SSSR count). The van der Waals surface area contributed by atoms with E-state index in [-0.39, 0.29) is 0 Å².